The quantitative estimate of drug-likeness (QED) is 0.434. The second-order valence-electron chi connectivity index (χ2n) is 6.24. The van der Waals surface area contributed by atoms with E-state index < -0.39 is 22.8 Å². The van der Waals surface area contributed by atoms with E-state index in [0.29, 0.717) is 23.3 Å². The maximum absolute atomic E-state index is 12.8. The van der Waals surface area contributed by atoms with Gasteiger partial charge in [0.1, 0.15) is 0 Å². The van der Waals surface area contributed by atoms with E-state index in [-0.39, 0.29) is 24.5 Å². The molecule has 0 heterocycles. The second kappa shape index (κ2) is 9.16. The molecule has 8 heteroatoms. The van der Waals surface area contributed by atoms with Gasteiger partial charge in [0.25, 0.3) is 5.69 Å². The number of rotatable bonds is 7. The van der Waals surface area contributed by atoms with Gasteiger partial charge in [-0.15, -0.1) is 0 Å². The zero-order valence-electron chi connectivity index (χ0n) is 16.4. The maximum Gasteiger partial charge on any atom is 0.336 e. The van der Waals surface area contributed by atoms with E-state index in [4.69, 9.17) is 9.47 Å². The molecule has 1 atom stereocenters. The van der Waals surface area contributed by atoms with Gasteiger partial charge in [-0.2, -0.15) is 0 Å². The summed E-state index contributed by atoms with van der Waals surface area (Å²) < 4.78 is 10.4. The number of allylic oxidation sites excluding steroid dienone is 1. The molecule has 1 aromatic carbocycles. The van der Waals surface area contributed by atoms with Crippen LogP contribution in [0.4, 0.5) is 5.69 Å². The Morgan fingerprint density at radius 3 is 2.32 bits per heavy atom. The molecule has 1 N–H and O–H groups in total. The zero-order valence-corrected chi connectivity index (χ0v) is 16.4. The number of hydrogen-bond acceptors (Lipinski definition) is 7. The summed E-state index contributed by atoms with van der Waals surface area (Å²) in [7, 11) is 1.68. The number of nitro benzene ring substituents is 1. The van der Waals surface area contributed by atoms with Crippen molar-refractivity contribution >= 4 is 17.6 Å². The van der Waals surface area contributed by atoms with Gasteiger partial charge >= 0.3 is 11.9 Å². The van der Waals surface area contributed by atoms with Crippen LogP contribution in [0.1, 0.15) is 38.7 Å². The predicted octanol–water partition coefficient (Wildman–Crippen LogP) is 3.00. The molecule has 1 aliphatic carbocycles. The van der Waals surface area contributed by atoms with Gasteiger partial charge in [-0.1, -0.05) is 17.7 Å². The Kier molecular flexibility index (Phi) is 6.92. The fraction of sp³-hybridized carbons (Fsp3) is 0.400. The average Bonchev–Trinajstić information content (AvgIpc) is 2.67. The third kappa shape index (κ3) is 4.21. The molecule has 0 saturated carbocycles. The number of nitro groups is 1. The Labute approximate surface area is 163 Å². The lowest BCUT2D eigenvalue weighted by atomic mass is 9.76. The monoisotopic (exact) mass is 388 g/mol. The number of nitrogens with zero attached hydrogens (tertiary/aromatic N) is 1. The minimum atomic E-state index is -0.825. The summed E-state index contributed by atoms with van der Waals surface area (Å²) in [6, 6.07) is 5.92. The number of nitrogens with one attached hydrogen (secondary N) is 1. The third-order valence-electron chi connectivity index (χ3n) is 4.51. The SMILES string of the molecule is CCOC(=O)C1=C(C)CC(NC)=C(C(=O)OCC)C1c1cccc([N+](=O)[O-])c1. The molecule has 150 valence electrons. The van der Waals surface area contributed by atoms with E-state index in [0.717, 1.165) is 5.57 Å². The molecule has 0 amide bonds. The molecule has 1 aromatic rings. The number of ether oxygens (including phenoxy) is 2. The number of carbonyl (C=O) groups excluding carboxylic acids is 2. The van der Waals surface area contributed by atoms with Gasteiger partial charge in [0.05, 0.1) is 29.6 Å². The number of carbonyl (C=O) groups is 2. The molecule has 1 aliphatic rings. The maximum atomic E-state index is 12.8. The Morgan fingerprint density at radius 2 is 1.79 bits per heavy atom. The van der Waals surface area contributed by atoms with Crippen LogP contribution in [0.2, 0.25) is 0 Å². The van der Waals surface area contributed by atoms with E-state index in [2.05, 4.69) is 5.32 Å². The van der Waals surface area contributed by atoms with Crippen LogP contribution in [0.25, 0.3) is 0 Å². The predicted molar refractivity (Wildman–Crippen MR) is 103 cm³/mol. The van der Waals surface area contributed by atoms with Crippen molar-refractivity contribution in [3.63, 3.8) is 0 Å². The molecule has 0 aliphatic heterocycles. The van der Waals surface area contributed by atoms with Gasteiger partial charge in [-0.05, 0) is 26.3 Å². The Morgan fingerprint density at radius 1 is 1.18 bits per heavy atom. The van der Waals surface area contributed by atoms with Gasteiger partial charge in [-0.25, -0.2) is 9.59 Å². The largest absolute Gasteiger partial charge is 0.463 e. The van der Waals surface area contributed by atoms with E-state index in [1.807, 2.05) is 0 Å². The first-order valence-corrected chi connectivity index (χ1v) is 9.04. The average molecular weight is 388 g/mol. The molecule has 0 radical (unpaired) electrons. The van der Waals surface area contributed by atoms with Crippen LogP contribution in [0.5, 0.6) is 0 Å². The summed E-state index contributed by atoms with van der Waals surface area (Å²) >= 11 is 0. The Bertz CT molecular complexity index is 856. The van der Waals surface area contributed by atoms with Gasteiger partial charge in [0, 0.05) is 36.9 Å². The lowest BCUT2D eigenvalue weighted by Gasteiger charge is -2.30. The first-order chi connectivity index (χ1) is 13.3. The number of hydrogen-bond donors (Lipinski definition) is 1. The van der Waals surface area contributed by atoms with Crippen LogP contribution in [0.15, 0.2) is 46.7 Å². The van der Waals surface area contributed by atoms with Crippen LogP contribution in [0.3, 0.4) is 0 Å². The highest BCUT2D eigenvalue weighted by Gasteiger charge is 2.39. The third-order valence-corrected chi connectivity index (χ3v) is 4.51. The molecule has 0 fully saturated rings. The fourth-order valence-electron chi connectivity index (χ4n) is 3.35. The molecule has 0 spiro atoms. The second-order valence-corrected chi connectivity index (χ2v) is 6.24. The van der Waals surface area contributed by atoms with E-state index >= 15 is 0 Å². The highest BCUT2D eigenvalue weighted by atomic mass is 16.6. The smallest absolute Gasteiger partial charge is 0.336 e. The Balaban J connectivity index is 2.73. The van der Waals surface area contributed by atoms with Crippen molar-refractivity contribution in [3.8, 4) is 0 Å². The number of esters is 2. The van der Waals surface area contributed by atoms with Gasteiger partial charge in [0.2, 0.25) is 0 Å². The van der Waals surface area contributed by atoms with E-state index in [9.17, 15) is 19.7 Å². The summed E-state index contributed by atoms with van der Waals surface area (Å²) in [4.78, 5) is 36.2. The summed E-state index contributed by atoms with van der Waals surface area (Å²) in [5, 5.41) is 14.3. The summed E-state index contributed by atoms with van der Waals surface area (Å²) in [5.74, 6) is -1.94. The standard InChI is InChI=1S/C20H24N2O6/c1-5-27-19(23)16-12(3)10-15(21-4)18(20(24)28-6-2)17(16)13-8-7-9-14(11-13)22(25)26/h7-9,11,17,21H,5-6,10H2,1-4H3. The fourth-order valence-corrected chi connectivity index (χ4v) is 3.35. The van der Waals surface area contributed by atoms with Crippen molar-refractivity contribution in [2.45, 2.75) is 33.1 Å². The molecule has 1 unspecified atom stereocenters. The summed E-state index contributed by atoms with van der Waals surface area (Å²) in [6.45, 7) is 5.51. The van der Waals surface area contributed by atoms with E-state index in [1.165, 1.54) is 18.2 Å². The zero-order chi connectivity index (χ0) is 20.8. The van der Waals surface area contributed by atoms with Crippen molar-refractivity contribution < 1.29 is 24.0 Å². The van der Waals surface area contributed by atoms with Crippen molar-refractivity contribution in [2.24, 2.45) is 0 Å². The molecule has 2 rings (SSSR count). The van der Waals surface area contributed by atoms with Crippen LogP contribution in [0, 0.1) is 10.1 Å². The summed E-state index contributed by atoms with van der Waals surface area (Å²) in [5.41, 5.74) is 2.24. The molecule has 8 nitrogen and oxygen atoms in total. The van der Waals surface area contributed by atoms with Crippen molar-refractivity contribution in [3.05, 3.63) is 62.4 Å². The molecule has 0 bridgehead atoms. The topological polar surface area (TPSA) is 108 Å². The molecule has 28 heavy (non-hydrogen) atoms. The first kappa shape index (κ1) is 21.1. The van der Waals surface area contributed by atoms with Crippen LogP contribution in [-0.2, 0) is 19.1 Å². The van der Waals surface area contributed by atoms with Crippen molar-refractivity contribution in [2.75, 3.05) is 20.3 Å². The van der Waals surface area contributed by atoms with Crippen LogP contribution < -0.4 is 5.32 Å². The lowest BCUT2D eigenvalue weighted by molar-refractivity contribution is -0.384. The summed E-state index contributed by atoms with van der Waals surface area (Å²) in [6.07, 6.45) is 0.351. The highest BCUT2D eigenvalue weighted by molar-refractivity contribution is 6.00. The van der Waals surface area contributed by atoms with Gasteiger partial charge in [0.15, 0.2) is 0 Å². The van der Waals surface area contributed by atoms with Crippen molar-refractivity contribution in [1.29, 1.82) is 0 Å². The molecule has 0 aromatic heterocycles. The first-order valence-electron chi connectivity index (χ1n) is 9.04. The minimum absolute atomic E-state index is 0.127. The van der Waals surface area contributed by atoms with E-state index in [1.54, 1.807) is 33.9 Å². The Hall–Kier alpha value is -3.16. The molecule has 0 saturated heterocycles. The van der Waals surface area contributed by atoms with Gasteiger partial charge < -0.3 is 14.8 Å². The molecular weight excluding hydrogens is 364 g/mol. The molecular formula is C20H24N2O6. The highest BCUT2D eigenvalue weighted by Crippen LogP contribution is 2.42. The van der Waals surface area contributed by atoms with Gasteiger partial charge in [-0.3, -0.25) is 10.1 Å². The number of non-ortho nitro benzene ring substituents is 1. The number of benzene rings is 1. The minimum Gasteiger partial charge on any atom is -0.463 e. The van der Waals surface area contributed by atoms with Crippen molar-refractivity contribution in [1.82, 2.24) is 5.32 Å². The van der Waals surface area contributed by atoms with Crippen LogP contribution >= 0.6 is 0 Å². The lowest BCUT2D eigenvalue weighted by Crippen LogP contribution is -2.30. The normalized spacial score (nSPS) is 16.6. The van der Waals surface area contributed by atoms with Crippen LogP contribution in [-0.4, -0.2) is 37.1 Å².